The number of benzene rings is 2. The molecule has 1 heterocycles. The van der Waals surface area contributed by atoms with Gasteiger partial charge in [0.1, 0.15) is 5.82 Å². The maximum Gasteiger partial charge on any atom is 0.126 e. The normalized spacial score (nSPS) is 10.8. The second-order valence-corrected chi connectivity index (χ2v) is 4.97. The van der Waals surface area contributed by atoms with Crippen molar-refractivity contribution in [3.8, 4) is 0 Å². The number of rotatable bonds is 3. The number of para-hydroxylation sites is 3. The first-order chi connectivity index (χ1) is 9.24. The Hall–Kier alpha value is -1.71. The van der Waals surface area contributed by atoms with Gasteiger partial charge in [0.05, 0.1) is 33.3 Å². The molecule has 2 N–H and O–H groups in total. The van der Waals surface area contributed by atoms with Crippen LogP contribution < -0.4 is 5.32 Å². The standard InChI is InChI=1S/C14H11Cl2N3/c15-9-4-3-5-10(16)14(9)17-8-13-18-11-6-1-2-7-12(11)19-13/h1-7,17H,8H2,(H,18,19). The Labute approximate surface area is 120 Å². The highest BCUT2D eigenvalue weighted by Crippen LogP contribution is 2.30. The molecule has 0 aliphatic carbocycles. The van der Waals surface area contributed by atoms with E-state index in [1.165, 1.54) is 0 Å². The Morgan fingerprint density at radius 1 is 1.00 bits per heavy atom. The first kappa shape index (κ1) is 12.3. The van der Waals surface area contributed by atoms with Gasteiger partial charge in [0.2, 0.25) is 0 Å². The lowest BCUT2D eigenvalue weighted by atomic mass is 10.3. The minimum absolute atomic E-state index is 0.540. The van der Waals surface area contributed by atoms with Crippen LogP contribution in [0.15, 0.2) is 42.5 Å². The molecule has 2 aromatic carbocycles. The first-order valence-corrected chi connectivity index (χ1v) is 6.61. The number of H-pyrrole nitrogens is 1. The molecule has 0 aliphatic rings. The van der Waals surface area contributed by atoms with Crippen LogP contribution in [-0.4, -0.2) is 9.97 Å². The highest BCUT2D eigenvalue weighted by atomic mass is 35.5. The predicted molar refractivity (Wildman–Crippen MR) is 79.9 cm³/mol. The highest BCUT2D eigenvalue weighted by Gasteiger charge is 2.06. The van der Waals surface area contributed by atoms with Gasteiger partial charge in [-0.25, -0.2) is 4.98 Å². The molecule has 1 aromatic heterocycles. The third kappa shape index (κ3) is 2.53. The summed E-state index contributed by atoms with van der Waals surface area (Å²) < 4.78 is 0. The van der Waals surface area contributed by atoms with Crippen LogP contribution >= 0.6 is 23.2 Å². The van der Waals surface area contributed by atoms with E-state index in [1.807, 2.05) is 30.3 Å². The number of nitrogens with one attached hydrogen (secondary N) is 2. The van der Waals surface area contributed by atoms with E-state index in [1.54, 1.807) is 12.1 Å². The largest absolute Gasteiger partial charge is 0.375 e. The number of halogens is 2. The summed E-state index contributed by atoms with van der Waals surface area (Å²) in [6.07, 6.45) is 0. The molecule has 3 rings (SSSR count). The quantitative estimate of drug-likeness (QED) is 0.747. The lowest BCUT2D eigenvalue weighted by molar-refractivity contribution is 1.01. The SMILES string of the molecule is Clc1cccc(Cl)c1NCc1nc2ccccc2[nH]1. The van der Waals surface area contributed by atoms with Crippen LogP contribution in [0.5, 0.6) is 0 Å². The lowest BCUT2D eigenvalue weighted by Crippen LogP contribution is -2.02. The van der Waals surface area contributed by atoms with E-state index in [9.17, 15) is 0 Å². The van der Waals surface area contributed by atoms with E-state index < -0.39 is 0 Å². The topological polar surface area (TPSA) is 40.7 Å². The van der Waals surface area contributed by atoms with Crippen molar-refractivity contribution in [1.82, 2.24) is 9.97 Å². The van der Waals surface area contributed by atoms with Crippen LogP contribution in [0.1, 0.15) is 5.82 Å². The fourth-order valence-corrected chi connectivity index (χ4v) is 2.46. The van der Waals surface area contributed by atoms with Crippen molar-refractivity contribution in [3.63, 3.8) is 0 Å². The summed E-state index contributed by atoms with van der Waals surface area (Å²) in [7, 11) is 0. The van der Waals surface area contributed by atoms with E-state index in [-0.39, 0.29) is 0 Å². The molecule has 0 saturated carbocycles. The average Bonchev–Trinajstić information content (AvgIpc) is 2.81. The number of anilines is 1. The molecular weight excluding hydrogens is 281 g/mol. The second-order valence-electron chi connectivity index (χ2n) is 4.15. The molecule has 0 spiro atoms. The molecule has 5 heteroatoms. The summed E-state index contributed by atoms with van der Waals surface area (Å²) in [4.78, 5) is 7.73. The van der Waals surface area contributed by atoms with E-state index >= 15 is 0 Å². The Balaban J connectivity index is 1.82. The fourth-order valence-electron chi connectivity index (χ4n) is 1.93. The molecule has 0 atom stereocenters. The smallest absolute Gasteiger partial charge is 0.126 e. The van der Waals surface area contributed by atoms with Gasteiger partial charge in [-0.2, -0.15) is 0 Å². The van der Waals surface area contributed by atoms with Crippen molar-refractivity contribution in [2.24, 2.45) is 0 Å². The molecule has 0 aliphatic heterocycles. The molecular formula is C14H11Cl2N3. The minimum Gasteiger partial charge on any atom is -0.375 e. The lowest BCUT2D eigenvalue weighted by Gasteiger charge is -2.08. The molecule has 0 radical (unpaired) electrons. The molecule has 0 amide bonds. The first-order valence-electron chi connectivity index (χ1n) is 5.85. The number of hydrogen-bond donors (Lipinski definition) is 2. The van der Waals surface area contributed by atoms with Crippen LogP contribution in [-0.2, 0) is 6.54 Å². The van der Waals surface area contributed by atoms with E-state index in [0.29, 0.717) is 16.6 Å². The molecule has 0 unspecified atom stereocenters. The second kappa shape index (κ2) is 5.11. The third-order valence-corrected chi connectivity index (χ3v) is 3.46. The summed E-state index contributed by atoms with van der Waals surface area (Å²) in [6.45, 7) is 0.540. The molecule has 3 nitrogen and oxygen atoms in total. The third-order valence-electron chi connectivity index (χ3n) is 2.83. The molecule has 0 saturated heterocycles. The number of hydrogen-bond acceptors (Lipinski definition) is 2. The predicted octanol–water partition coefficient (Wildman–Crippen LogP) is 4.48. The monoisotopic (exact) mass is 291 g/mol. The van der Waals surface area contributed by atoms with Crippen LogP contribution in [0, 0.1) is 0 Å². The number of fused-ring (bicyclic) bond motifs is 1. The number of aromatic amines is 1. The van der Waals surface area contributed by atoms with E-state index in [0.717, 1.165) is 22.5 Å². The Bertz CT molecular complexity index is 668. The Kier molecular flexibility index (Phi) is 3.32. The van der Waals surface area contributed by atoms with Gasteiger partial charge in [0, 0.05) is 0 Å². The molecule has 0 fully saturated rings. The molecule has 3 aromatic rings. The van der Waals surface area contributed by atoms with Gasteiger partial charge in [-0.1, -0.05) is 41.4 Å². The molecule has 19 heavy (non-hydrogen) atoms. The van der Waals surface area contributed by atoms with Gasteiger partial charge in [-0.15, -0.1) is 0 Å². The van der Waals surface area contributed by atoms with Crippen LogP contribution in [0.2, 0.25) is 10.0 Å². The van der Waals surface area contributed by atoms with Crippen molar-refractivity contribution in [1.29, 1.82) is 0 Å². The van der Waals surface area contributed by atoms with Crippen molar-refractivity contribution in [2.75, 3.05) is 5.32 Å². The number of imidazole rings is 1. The van der Waals surface area contributed by atoms with Crippen LogP contribution in [0.3, 0.4) is 0 Å². The minimum atomic E-state index is 0.540. The van der Waals surface area contributed by atoms with Gasteiger partial charge in [0.25, 0.3) is 0 Å². The zero-order valence-corrected chi connectivity index (χ0v) is 11.5. The highest BCUT2D eigenvalue weighted by molar-refractivity contribution is 6.39. The van der Waals surface area contributed by atoms with Gasteiger partial charge < -0.3 is 10.3 Å². The van der Waals surface area contributed by atoms with E-state index in [4.69, 9.17) is 23.2 Å². The van der Waals surface area contributed by atoms with Gasteiger partial charge in [0.15, 0.2) is 0 Å². The fraction of sp³-hybridized carbons (Fsp3) is 0.0714. The Morgan fingerprint density at radius 2 is 1.74 bits per heavy atom. The van der Waals surface area contributed by atoms with Crippen molar-refractivity contribution >= 4 is 39.9 Å². The van der Waals surface area contributed by atoms with Crippen LogP contribution in [0.4, 0.5) is 5.69 Å². The zero-order valence-electron chi connectivity index (χ0n) is 9.95. The van der Waals surface area contributed by atoms with E-state index in [2.05, 4.69) is 15.3 Å². The van der Waals surface area contributed by atoms with Gasteiger partial charge in [-0.3, -0.25) is 0 Å². The summed E-state index contributed by atoms with van der Waals surface area (Å²) >= 11 is 12.2. The Morgan fingerprint density at radius 3 is 2.47 bits per heavy atom. The summed E-state index contributed by atoms with van der Waals surface area (Å²) in [5.41, 5.74) is 2.69. The molecule has 96 valence electrons. The average molecular weight is 292 g/mol. The zero-order chi connectivity index (χ0) is 13.2. The molecule has 0 bridgehead atoms. The van der Waals surface area contributed by atoms with Crippen molar-refractivity contribution in [3.05, 3.63) is 58.3 Å². The van der Waals surface area contributed by atoms with Crippen LogP contribution in [0.25, 0.3) is 11.0 Å². The summed E-state index contributed by atoms with van der Waals surface area (Å²) in [6, 6.07) is 13.3. The maximum absolute atomic E-state index is 6.10. The summed E-state index contributed by atoms with van der Waals surface area (Å²) in [5.74, 6) is 0.845. The van der Waals surface area contributed by atoms with Crippen molar-refractivity contribution < 1.29 is 0 Å². The summed E-state index contributed by atoms with van der Waals surface area (Å²) in [5, 5.41) is 4.40. The number of nitrogens with zero attached hydrogens (tertiary/aromatic N) is 1. The van der Waals surface area contributed by atoms with Gasteiger partial charge in [-0.05, 0) is 24.3 Å². The van der Waals surface area contributed by atoms with Gasteiger partial charge >= 0.3 is 0 Å². The van der Waals surface area contributed by atoms with Crippen molar-refractivity contribution in [2.45, 2.75) is 6.54 Å². The maximum atomic E-state index is 6.10. The number of aromatic nitrogens is 2.